The molecule has 0 radical (unpaired) electrons. The number of aromatic nitrogens is 2. The van der Waals surface area contributed by atoms with Crippen molar-refractivity contribution in [1.82, 2.24) is 15.5 Å². The van der Waals surface area contributed by atoms with Gasteiger partial charge in [-0.05, 0) is 31.7 Å². The van der Waals surface area contributed by atoms with Gasteiger partial charge in [0.15, 0.2) is 0 Å². The highest BCUT2D eigenvalue weighted by atomic mass is 16.5. The van der Waals surface area contributed by atoms with E-state index in [0.29, 0.717) is 31.3 Å². The minimum absolute atomic E-state index is 0.0514. The molecule has 6 nitrogen and oxygen atoms in total. The molecule has 1 saturated carbocycles. The van der Waals surface area contributed by atoms with E-state index >= 15 is 0 Å². The summed E-state index contributed by atoms with van der Waals surface area (Å²) in [6.07, 6.45) is 2.95. The largest absolute Gasteiger partial charge is 0.379 e. The average Bonchev–Trinajstić information content (AvgIpc) is 3.43. The molecule has 2 aliphatic rings. The molecule has 26 heavy (non-hydrogen) atoms. The fraction of sp³-hybridized carbons (Fsp3) is 0.500. The van der Waals surface area contributed by atoms with Crippen molar-refractivity contribution in [3.05, 3.63) is 52.8 Å². The lowest BCUT2D eigenvalue weighted by atomic mass is 10.0. The zero-order valence-electron chi connectivity index (χ0n) is 15.0. The maximum absolute atomic E-state index is 12.9. The first-order valence-corrected chi connectivity index (χ1v) is 9.31. The number of aryl methyl sites for hydroxylation is 1. The van der Waals surface area contributed by atoms with Crippen LogP contribution in [0.15, 0.2) is 30.3 Å². The van der Waals surface area contributed by atoms with Gasteiger partial charge in [0.05, 0.1) is 36.6 Å². The van der Waals surface area contributed by atoms with Crippen molar-refractivity contribution in [3.8, 4) is 0 Å². The number of hydrogen-bond acceptors (Lipinski definition) is 4. The van der Waals surface area contributed by atoms with Crippen molar-refractivity contribution in [2.45, 2.75) is 50.9 Å². The number of hydrogen-bond donors (Lipinski definition) is 2. The monoisotopic (exact) mass is 355 g/mol. The Morgan fingerprint density at radius 2 is 2.12 bits per heavy atom. The van der Waals surface area contributed by atoms with Gasteiger partial charge in [0.25, 0.3) is 5.91 Å². The lowest BCUT2D eigenvalue weighted by Crippen LogP contribution is -2.50. The molecule has 0 bridgehead atoms. The van der Waals surface area contributed by atoms with E-state index in [1.807, 2.05) is 37.3 Å². The lowest BCUT2D eigenvalue weighted by molar-refractivity contribution is -0.0605. The van der Waals surface area contributed by atoms with Gasteiger partial charge in [-0.1, -0.05) is 30.3 Å². The average molecular weight is 355 g/mol. The van der Waals surface area contributed by atoms with Gasteiger partial charge in [0.2, 0.25) is 0 Å². The Hall–Kier alpha value is -2.18. The summed E-state index contributed by atoms with van der Waals surface area (Å²) in [6, 6.07) is 9.94. The summed E-state index contributed by atoms with van der Waals surface area (Å²) in [5, 5.41) is 10.4. The van der Waals surface area contributed by atoms with Gasteiger partial charge in [-0.2, -0.15) is 5.10 Å². The van der Waals surface area contributed by atoms with Gasteiger partial charge >= 0.3 is 0 Å². The second-order valence-electron chi connectivity index (χ2n) is 7.16. The first-order chi connectivity index (χ1) is 12.7. The zero-order valence-corrected chi connectivity index (χ0v) is 15.0. The Labute approximate surface area is 153 Å². The van der Waals surface area contributed by atoms with Crippen molar-refractivity contribution in [3.63, 3.8) is 0 Å². The molecule has 1 saturated heterocycles. The Morgan fingerprint density at radius 1 is 1.31 bits per heavy atom. The van der Waals surface area contributed by atoms with Crippen LogP contribution in [-0.4, -0.2) is 41.5 Å². The number of nitrogens with one attached hydrogen (secondary N) is 2. The number of amides is 1. The van der Waals surface area contributed by atoms with Gasteiger partial charge < -0.3 is 14.8 Å². The summed E-state index contributed by atoms with van der Waals surface area (Å²) in [6.45, 7) is 3.56. The summed E-state index contributed by atoms with van der Waals surface area (Å²) in [7, 11) is 0. The van der Waals surface area contributed by atoms with Crippen LogP contribution < -0.4 is 5.32 Å². The smallest absolute Gasteiger partial charge is 0.255 e. The fourth-order valence-electron chi connectivity index (χ4n) is 3.46. The van der Waals surface area contributed by atoms with Crippen molar-refractivity contribution >= 4 is 5.91 Å². The topological polar surface area (TPSA) is 76.2 Å². The molecule has 138 valence electrons. The van der Waals surface area contributed by atoms with E-state index in [1.54, 1.807) is 0 Å². The van der Waals surface area contributed by atoms with Crippen molar-refractivity contribution in [2.75, 3.05) is 13.2 Å². The maximum atomic E-state index is 12.9. The minimum Gasteiger partial charge on any atom is -0.379 e. The van der Waals surface area contributed by atoms with E-state index in [1.165, 1.54) is 0 Å². The molecule has 2 fully saturated rings. The fourth-order valence-corrected chi connectivity index (χ4v) is 3.46. The van der Waals surface area contributed by atoms with Crippen LogP contribution in [0.25, 0.3) is 0 Å². The number of nitrogens with zero attached hydrogens (tertiary/aromatic N) is 1. The summed E-state index contributed by atoms with van der Waals surface area (Å²) >= 11 is 0. The Kier molecular flexibility index (Phi) is 5.04. The molecule has 2 atom stereocenters. The molecular weight excluding hydrogens is 330 g/mol. The highest BCUT2D eigenvalue weighted by Gasteiger charge is 2.34. The standard InChI is InChI=1S/C20H25N3O3/c1-13-18(19(23-22-13)15-7-8-15)20(24)21-16-12-25-10-9-17(16)26-11-14-5-3-2-4-6-14/h2-6,15-17H,7-12H2,1H3,(H,21,24)(H,22,23)/t16-,17+/m1/s1. The van der Waals surface area contributed by atoms with Crippen LogP contribution in [0.2, 0.25) is 0 Å². The van der Waals surface area contributed by atoms with Crippen LogP contribution >= 0.6 is 0 Å². The first-order valence-electron chi connectivity index (χ1n) is 9.31. The molecule has 0 unspecified atom stereocenters. The summed E-state index contributed by atoms with van der Waals surface area (Å²) in [5.41, 5.74) is 3.55. The van der Waals surface area contributed by atoms with E-state index in [0.717, 1.165) is 36.2 Å². The highest BCUT2D eigenvalue weighted by molar-refractivity contribution is 5.97. The van der Waals surface area contributed by atoms with Crippen LogP contribution in [0, 0.1) is 6.92 Å². The zero-order chi connectivity index (χ0) is 17.9. The molecule has 2 heterocycles. The SMILES string of the molecule is Cc1[nH]nc(C2CC2)c1C(=O)N[C@@H]1COCC[C@@H]1OCc1ccccc1. The second kappa shape index (κ2) is 7.60. The molecule has 1 aliphatic carbocycles. The van der Waals surface area contributed by atoms with Crippen molar-refractivity contribution in [2.24, 2.45) is 0 Å². The van der Waals surface area contributed by atoms with Crippen LogP contribution in [0.3, 0.4) is 0 Å². The summed E-state index contributed by atoms with van der Waals surface area (Å²) in [5.74, 6) is 0.343. The molecule has 4 rings (SSSR count). The summed E-state index contributed by atoms with van der Waals surface area (Å²) in [4.78, 5) is 12.9. The first kappa shape index (κ1) is 17.2. The molecule has 1 aromatic heterocycles. The van der Waals surface area contributed by atoms with Crippen LogP contribution in [-0.2, 0) is 16.1 Å². The Balaban J connectivity index is 1.42. The normalized spacial score (nSPS) is 23.0. The van der Waals surface area contributed by atoms with E-state index in [2.05, 4.69) is 15.5 Å². The number of carbonyl (C=O) groups excluding carboxylic acids is 1. The Morgan fingerprint density at radius 3 is 2.88 bits per heavy atom. The number of carbonyl (C=O) groups is 1. The number of aromatic amines is 1. The van der Waals surface area contributed by atoms with Crippen molar-refractivity contribution in [1.29, 1.82) is 0 Å². The second-order valence-corrected chi connectivity index (χ2v) is 7.16. The van der Waals surface area contributed by atoms with Crippen LogP contribution in [0.5, 0.6) is 0 Å². The maximum Gasteiger partial charge on any atom is 0.255 e. The third kappa shape index (κ3) is 3.81. The van der Waals surface area contributed by atoms with Gasteiger partial charge in [-0.3, -0.25) is 9.89 Å². The molecule has 6 heteroatoms. The third-order valence-corrected chi connectivity index (χ3v) is 5.08. The van der Waals surface area contributed by atoms with Gasteiger partial charge in [0.1, 0.15) is 0 Å². The van der Waals surface area contributed by atoms with Crippen molar-refractivity contribution < 1.29 is 14.3 Å². The molecule has 1 amide bonds. The predicted octanol–water partition coefficient (Wildman–Crippen LogP) is 2.70. The lowest BCUT2D eigenvalue weighted by Gasteiger charge is -2.32. The quantitative estimate of drug-likeness (QED) is 0.835. The van der Waals surface area contributed by atoms with E-state index in [4.69, 9.17) is 9.47 Å². The highest BCUT2D eigenvalue weighted by Crippen LogP contribution is 2.41. The minimum atomic E-state index is -0.152. The third-order valence-electron chi connectivity index (χ3n) is 5.08. The van der Waals surface area contributed by atoms with E-state index in [-0.39, 0.29) is 18.1 Å². The summed E-state index contributed by atoms with van der Waals surface area (Å²) < 4.78 is 11.7. The van der Waals surface area contributed by atoms with Gasteiger partial charge in [0, 0.05) is 18.2 Å². The Bertz CT molecular complexity index is 755. The predicted molar refractivity (Wildman–Crippen MR) is 97.0 cm³/mol. The van der Waals surface area contributed by atoms with E-state index < -0.39 is 0 Å². The molecule has 1 aliphatic heterocycles. The number of benzene rings is 1. The van der Waals surface area contributed by atoms with Crippen LogP contribution in [0.1, 0.15) is 52.5 Å². The van der Waals surface area contributed by atoms with E-state index in [9.17, 15) is 4.79 Å². The number of rotatable bonds is 6. The number of ether oxygens (including phenoxy) is 2. The molecule has 2 aromatic rings. The molecular formula is C20H25N3O3. The van der Waals surface area contributed by atoms with Gasteiger partial charge in [-0.15, -0.1) is 0 Å². The molecule has 1 aromatic carbocycles. The van der Waals surface area contributed by atoms with Crippen LogP contribution in [0.4, 0.5) is 0 Å². The molecule has 0 spiro atoms. The molecule has 2 N–H and O–H groups in total. The number of H-pyrrole nitrogens is 1. The van der Waals surface area contributed by atoms with Gasteiger partial charge in [-0.25, -0.2) is 0 Å².